The molecule has 0 aliphatic heterocycles. The highest BCUT2D eigenvalue weighted by Crippen LogP contribution is 2.16. The molecule has 0 heterocycles. The summed E-state index contributed by atoms with van der Waals surface area (Å²) in [5.74, 6) is -1.85. The Morgan fingerprint density at radius 2 is 2.00 bits per heavy atom. The highest BCUT2D eigenvalue weighted by atomic mass is 19.2. The summed E-state index contributed by atoms with van der Waals surface area (Å²) in [5, 5.41) is 11.8. The van der Waals surface area contributed by atoms with Gasteiger partial charge in [-0.25, -0.2) is 13.6 Å². The van der Waals surface area contributed by atoms with E-state index in [4.69, 9.17) is 5.11 Å². The molecule has 1 aromatic rings. The van der Waals surface area contributed by atoms with Gasteiger partial charge in [0.25, 0.3) is 0 Å². The van der Waals surface area contributed by atoms with E-state index in [0.29, 0.717) is 18.5 Å². The van der Waals surface area contributed by atoms with E-state index >= 15 is 0 Å². The van der Waals surface area contributed by atoms with Crippen LogP contribution in [0.15, 0.2) is 18.2 Å². The van der Waals surface area contributed by atoms with Crippen LogP contribution >= 0.6 is 0 Å². The van der Waals surface area contributed by atoms with Gasteiger partial charge in [0.05, 0.1) is 12.1 Å². The molecule has 2 atom stereocenters. The Bertz CT molecular complexity index is 466. The van der Waals surface area contributed by atoms with Gasteiger partial charge in [-0.1, -0.05) is 6.07 Å². The van der Waals surface area contributed by atoms with Gasteiger partial charge in [0.15, 0.2) is 11.6 Å². The van der Waals surface area contributed by atoms with Crippen LogP contribution in [0.4, 0.5) is 13.6 Å². The summed E-state index contributed by atoms with van der Waals surface area (Å²) >= 11 is 0. The molecule has 0 aliphatic carbocycles. The van der Waals surface area contributed by atoms with Gasteiger partial charge in [0.1, 0.15) is 0 Å². The maximum Gasteiger partial charge on any atom is 0.317 e. The number of carbonyl (C=O) groups is 1. The average Bonchev–Trinajstić information content (AvgIpc) is 2.38. The fourth-order valence-electron chi connectivity index (χ4n) is 1.64. The number of aliphatic hydroxyl groups is 1. The lowest BCUT2D eigenvalue weighted by atomic mass is 10.1. The number of hydrogen-bond acceptors (Lipinski definition) is 2. The van der Waals surface area contributed by atoms with Gasteiger partial charge in [0.2, 0.25) is 0 Å². The monoisotopic (exact) mass is 286 g/mol. The molecule has 1 rings (SSSR count). The van der Waals surface area contributed by atoms with Crippen molar-refractivity contribution < 1.29 is 18.7 Å². The molecule has 0 spiro atoms. The molecule has 2 amide bonds. The lowest BCUT2D eigenvalue weighted by Gasteiger charge is -2.22. The van der Waals surface area contributed by atoms with E-state index in [-0.39, 0.29) is 6.03 Å². The number of urea groups is 1. The third kappa shape index (κ3) is 4.77. The first kappa shape index (κ1) is 16.4. The standard InChI is InChI=1S/C14H20F2N2O2/c1-9(19)6-7-18(3)14(20)17-10(2)11-4-5-12(15)13(16)8-11/h4-5,8-10,19H,6-7H2,1-3H3,(H,17,20). The molecular formula is C14H20F2N2O2. The first-order valence-corrected chi connectivity index (χ1v) is 6.46. The number of halogens is 2. The Balaban J connectivity index is 2.58. The third-order valence-electron chi connectivity index (χ3n) is 3.01. The third-order valence-corrected chi connectivity index (χ3v) is 3.01. The van der Waals surface area contributed by atoms with Gasteiger partial charge in [0, 0.05) is 13.6 Å². The van der Waals surface area contributed by atoms with E-state index in [1.165, 1.54) is 11.0 Å². The van der Waals surface area contributed by atoms with Crippen LogP contribution in [-0.2, 0) is 0 Å². The number of carbonyl (C=O) groups excluding carboxylic acids is 1. The van der Waals surface area contributed by atoms with E-state index < -0.39 is 23.8 Å². The minimum absolute atomic E-state index is 0.331. The van der Waals surface area contributed by atoms with Gasteiger partial charge in [-0.05, 0) is 38.0 Å². The topological polar surface area (TPSA) is 52.6 Å². The summed E-state index contributed by atoms with van der Waals surface area (Å²) in [6.07, 6.45) is -0.00223. The first-order valence-electron chi connectivity index (χ1n) is 6.46. The summed E-state index contributed by atoms with van der Waals surface area (Å²) < 4.78 is 26.0. The van der Waals surface area contributed by atoms with Crippen molar-refractivity contribution in [2.24, 2.45) is 0 Å². The second kappa shape index (κ2) is 7.19. The van der Waals surface area contributed by atoms with Crippen molar-refractivity contribution >= 4 is 6.03 Å². The maximum atomic E-state index is 13.1. The number of rotatable bonds is 5. The average molecular weight is 286 g/mol. The van der Waals surface area contributed by atoms with Crippen molar-refractivity contribution in [1.29, 1.82) is 0 Å². The number of hydrogen-bond donors (Lipinski definition) is 2. The molecule has 6 heteroatoms. The Hall–Kier alpha value is -1.69. The Morgan fingerprint density at radius 1 is 1.35 bits per heavy atom. The number of benzene rings is 1. The normalized spacial score (nSPS) is 13.7. The zero-order valence-corrected chi connectivity index (χ0v) is 11.9. The smallest absolute Gasteiger partial charge is 0.317 e. The predicted octanol–water partition coefficient (Wildman–Crippen LogP) is 2.44. The lowest BCUT2D eigenvalue weighted by Crippen LogP contribution is -2.39. The summed E-state index contributed by atoms with van der Waals surface area (Å²) in [7, 11) is 1.61. The number of nitrogens with one attached hydrogen (secondary N) is 1. The molecule has 20 heavy (non-hydrogen) atoms. The molecule has 0 saturated carbocycles. The second-order valence-corrected chi connectivity index (χ2v) is 4.90. The molecule has 2 N–H and O–H groups in total. The Kier molecular flexibility index (Phi) is 5.88. The van der Waals surface area contributed by atoms with E-state index in [1.807, 2.05) is 0 Å². The minimum atomic E-state index is -0.939. The van der Waals surface area contributed by atoms with Crippen LogP contribution in [-0.4, -0.2) is 35.7 Å². The van der Waals surface area contributed by atoms with E-state index in [0.717, 1.165) is 12.1 Å². The van der Waals surface area contributed by atoms with Crippen LogP contribution < -0.4 is 5.32 Å². The summed E-state index contributed by atoms with van der Waals surface area (Å²) in [6.45, 7) is 3.75. The molecule has 112 valence electrons. The Morgan fingerprint density at radius 3 is 2.55 bits per heavy atom. The fraction of sp³-hybridized carbons (Fsp3) is 0.500. The quantitative estimate of drug-likeness (QED) is 0.873. The van der Waals surface area contributed by atoms with Gasteiger partial charge in [-0.15, -0.1) is 0 Å². The van der Waals surface area contributed by atoms with Gasteiger partial charge >= 0.3 is 6.03 Å². The van der Waals surface area contributed by atoms with Crippen molar-refractivity contribution in [2.45, 2.75) is 32.4 Å². The fourth-order valence-corrected chi connectivity index (χ4v) is 1.64. The lowest BCUT2D eigenvalue weighted by molar-refractivity contribution is 0.162. The van der Waals surface area contributed by atoms with Crippen LogP contribution in [0.2, 0.25) is 0 Å². The zero-order valence-electron chi connectivity index (χ0n) is 11.9. The summed E-state index contributed by atoms with van der Waals surface area (Å²) in [6, 6.07) is 2.76. The van der Waals surface area contributed by atoms with Crippen LogP contribution in [0.1, 0.15) is 31.9 Å². The number of nitrogens with zero attached hydrogens (tertiary/aromatic N) is 1. The van der Waals surface area contributed by atoms with E-state index in [2.05, 4.69) is 5.32 Å². The molecular weight excluding hydrogens is 266 g/mol. The largest absolute Gasteiger partial charge is 0.393 e. The van der Waals surface area contributed by atoms with Gasteiger partial charge in [-0.2, -0.15) is 0 Å². The molecule has 0 aliphatic rings. The van der Waals surface area contributed by atoms with Gasteiger partial charge in [-0.3, -0.25) is 0 Å². The number of amides is 2. The van der Waals surface area contributed by atoms with Crippen LogP contribution in [0.25, 0.3) is 0 Å². The van der Waals surface area contributed by atoms with Crippen LogP contribution in [0.3, 0.4) is 0 Å². The maximum absolute atomic E-state index is 13.1. The first-order chi connectivity index (χ1) is 9.31. The summed E-state index contributed by atoms with van der Waals surface area (Å²) in [5.41, 5.74) is 0.487. The van der Waals surface area contributed by atoms with E-state index in [1.54, 1.807) is 20.9 Å². The molecule has 2 unspecified atom stereocenters. The SMILES string of the molecule is CC(O)CCN(C)C(=O)NC(C)c1ccc(F)c(F)c1. The zero-order chi connectivity index (χ0) is 15.3. The van der Waals surface area contributed by atoms with Gasteiger partial charge < -0.3 is 15.3 Å². The van der Waals surface area contributed by atoms with Crippen LogP contribution in [0.5, 0.6) is 0 Å². The highest BCUT2D eigenvalue weighted by Gasteiger charge is 2.15. The summed E-state index contributed by atoms with van der Waals surface area (Å²) in [4.78, 5) is 13.3. The minimum Gasteiger partial charge on any atom is -0.393 e. The Labute approximate surface area is 117 Å². The van der Waals surface area contributed by atoms with E-state index in [9.17, 15) is 13.6 Å². The van der Waals surface area contributed by atoms with Crippen molar-refractivity contribution in [2.75, 3.05) is 13.6 Å². The molecule has 1 aromatic carbocycles. The molecule has 0 aromatic heterocycles. The van der Waals surface area contributed by atoms with Crippen molar-refractivity contribution in [3.8, 4) is 0 Å². The molecule has 4 nitrogen and oxygen atoms in total. The molecule has 0 fully saturated rings. The highest BCUT2D eigenvalue weighted by molar-refractivity contribution is 5.74. The molecule has 0 saturated heterocycles. The van der Waals surface area contributed by atoms with Crippen molar-refractivity contribution in [3.05, 3.63) is 35.4 Å². The second-order valence-electron chi connectivity index (χ2n) is 4.90. The van der Waals surface area contributed by atoms with Crippen LogP contribution in [0, 0.1) is 11.6 Å². The number of aliphatic hydroxyl groups excluding tert-OH is 1. The van der Waals surface area contributed by atoms with Crippen molar-refractivity contribution in [1.82, 2.24) is 10.2 Å². The van der Waals surface area contributed by atoms with Crippen molar-refractivity contribution in [3.63, 3.8) is 0 Å². The molecule has 0 radical (unpaired) electrons. The molecule has 0 bridgehead atoms. The predicted molar refractivity (Wildman–Crippen MR) is 72.2 cm³/mol.